The molecule has 0 saturated carbocycles. The Bertz CT molecular complexity index is 182. The first-order chi connectivity index (χ1) is 7.84. The van der Waals surface area contributed by atoms with Gasteiger partial charge >= 0.3 is 0 Å². The highest BCUT2D eigenvalue weighted by Crippen LogP contribution is 2.14. The van der Waals surface area contributed by atoms with Crippen LogP contribution in [-0.4, -0.2) is 50.7 Å². The minimum Gasteiger partial charge on any atom is -0.316 e. The average molecular weight is 225 g/mol. The molecule has 0 amide bonds. The first-order valence-corrected chi connectivity index (χ1v) is 6.97. The fraction of sp³-hybridized carbons (Fsp3) is 1.00. The molecule has 2 rings (SSSR count). The van der Waals surface area contributed by atoms with Crippen molar-refractivity contribution in [2.24, 2.45) is 5.92 Å². The van der Waals surface area contributed by atoms with Crippen LogP contribution in [-0.2, 0) is 0 Å². The molecule has 1 atom stereocenters. The lowest BCUT2D eigenvalue weighted by molar-refractivity contribution is 0.216. The summed E-state index contributed by atoms with van der Waals surface area (Å²) >= 11 is 0. The molecule has 1 unspecified atom stereocenters. The highest BCUT2D eigenvalue weighted by atomic mass is 15.1. The molecule has 0 spiro atoms. The third-order valence-corrected chi connectivity index (χ3v) is 4.10. The summed E-state index contributed by atoms with van der Waals surface area (Å²) < 4.78 is 0. The van der Waals surface area contributed by atoms with Crippen LogP contribution in [0.4, 0.5) is 0 Å². The number of nitrogens with zero attached hydrogens (tertiary/aromatic N) is 1. The normalized spacial score (nSPS) is 28.7. The van der Waals surface area contributed by atoms with Crippen LogP contribution >= 0.6 is 0 Å². The van der Waals surface area contributed by atoms with Gasteiger partial charge < -0.3 is 15.5 Å². The summed E-state index contributed by atoms with van der Waals surface area (Å²) in [6, 6.07) is 0.796. The zero-order chi connectivity index (χ0) is 11.2. The van der Waals surface area contributed by atoms with E-state index in [0.717, 1.165) is 12.0 Å². The van der Waals surface area contributed by atoms with Crippen LogP contribution in [0, 0.1) is 5.92 Å². The van der Waals surface area contributed by atoms with E-state index in [4.69, 9.17) is 0 Å². The molecule has 0 aromatic carbocycles. The molecule has 94 valence electrons. The molecule has 0 aromatic rings. The molecule has 0 radical (unpaired) electrons. The Hall–Kier alpha value is -0.120. The molecule has 2 fully saturated rings. The lowest BCUT2D eigenvalue weighted by Crippen LogP contribution is -2.36. The van der Waals surface area contributed by atoms with Crippen molar-refractivity contribution >= 4 is 0 Å². The number of rotatable bonds is 5. The van der Waals surface area contributed by atoms with E-state index in [1.54, 1.807) is 0 Å². The summed E-state index contributed by atoms with van der Waals surface area (Å²) in [5, 5.41) is 7.19. The van der Waals surface area contributed by atoms with E-state index in [9.17, 15) is 0 Å². The van der Waals surface area contributed by atoms with Gasteiger partial charge in [-0.3, -0.25) is 0 Å². The monoisotopic (exact) mass is 225 g/mol. The minimum absolute atomic E-state index is 0.796. The van der Waals surface area contributed by atoms with Crippen molar-refractivity contribution in [3.05, 3.63) is 0 Å². The Kier molecular flexibility index (Phi) is 5.07. The van der Waals surface area contributed by atoms with Crippen LogP contribution in [0.5, 0.6) is 0 Å². The van der Waals surface area contributed by atoms with Crippen LogP contribution < -0.4 is 10.6 Å². The quantitative estimate of drug-likeness (QED) is 0.685. The summed E-state index contributed by atoms with van der Waals surface area (Å²) in [4.78, 5) is 2.44. The predicted octanol–water partition coefficient (Wildman–Crippen LogP) is 1.06. The van der Waals surface area contributed by atoms with Crippen LogP contribution in [0.15, 0.2) is 0 Å². The second kappa shape index (κ2) is 6.58. The number of hydrogen-bond donors (Lipinski definition) is 2. The molecule has 0 aromatic heterocycles. The van der Waals surface area contributed by atoms with Crippen LogP contribution in [0.25, 0.3) is 0 Å². The summed E-state index contributed by atoms with van der Waals surface area (Å²) in [7, 11) is 2.23. The minimum atomic E-state index is 0.796. The Balaban J connectivity index is 1.48. The predicted molar refractivity (Wildman–Crippen MR) is 68.7 cm³/mol. The lowest BCUT2D eigenvalue weighted by Gasteiger charge is -2.29. The summed E-state index contributed by atoms with van der Waals surface area (Å²) in [5.41, 5.74) is 0. The summed E-state index contributed by atoms with van der Waals surface area (Å²) in [6.45, 7) is 6.25. The molecule has 2 aliphatic heterocycles. The van der Waals surface area contributed by atoms with Gasteiger partial charge in [-0.15, -0.1) is 0 Å². The van der Waals surface area contributed by atoms with E-state index in [2.05, 4.69) is 22.6 Å². The van der Waals surface area contributed by atoms with Gasteiger partial charge in [0.05, 0.1) is 0 Å². The number of piperidine rings is 1. The SMILES string of the molecule is CN1CCC(CNCCC2CCCN2)CC1. The fourth-order valence-electron chi connectivity index (χ4n) is 2.85. The largest absolute Gasteiger partial charge is 0.316 e. The van der Waals surface area contributed by atoms with Gasteiger partial charge in [-0.2, -0.15) is 0 Å². The summed E-state index contributed by atoms with van der Waals surface area (Å²) in [6.07, 6.45) is 6.83. The smallest absolute Gasteiger partial charge is 0.00796 e. The topological polar surface area (TPSA) is 27.3 Å². The maximum absolute atomic E-state index is 3.64. The fourth-order valence-corrected chi connectivity index (χ4v) is 2.85. The molecular formula is C13H27N3. The highest BCUT2D eigenvalue weighted by molar-refractivity contribution is 4.76. The van der Waals surface area contributed by atoms with E-state index in [1.807, 2.05) is 0 Å². The van der Waals surface area contributed by atoms with E-state index < -0.39 is 0 Å². The third-order valence-electron chi connectivity index (χ3n) is 4.10. The number of hydrogen-bond acceptors (Lipinski definition) is 3. The van der Waals surface area contributed by atoms with Crippen LogP contribution in [0.1, 0.15) is 32.1 Å². The third kappa shape index (κ3) is 4.04. The van der Waals surface area contributed by atoms with Crippen molar-refractivity contribution in [1.82, 2.24) is 15.5 Å². The van der Waals surface area contributed by atoms with Crippen molar-refractivity contribution in [3.63, 3.8) is 0 Å². The molecule has 0 aliphatic carbocycles. The van der Waals surface area contributed by atoms with E-state index in [0.29, 0.717) is 0 Å². The second-order valence-electron chi connectivity index (χ2n) is 5.53. The molecule has 2 heterocycles. The van der Waals surface area contributed by atoms with Crippen molar-refractivity contribution in [1.29, 1.82) is 0 Å². The van der Waals surface area contributed by atoms with Gasteiger partial charge in [0.15, 0.2) is 0 Å². The van der Waals surface area contributed by atoms with Gasteiger partial charge in [-0.1, -0.05) is 0 Å². The lowest BCUT2D eigenvalue weighted by atomic mass is 9.97. The molecular weight excluding hydrogens is 198 g/mol. The Morgan fingerprint density at radius 2 is 2.06 bits per heavy atom. The standard InChI is InChI=1S/C13H27N3/c1-16-9-5-12(6-10-16)11-14-8-4-13-3-2-7-15-13/h12-15H,2-11H2,1H3. The zero-order valence-electron chi connectivity index (χ0n) is 10.7. The Morgan fingerprint density at radius 1 is 1.25 bits per heavy atom. The molecule has 3 heteroatoms. The Labute approximate surface area is 100.0 Å². The Morgan fingerprint density at radius 3 is 2.75 bits per heavy atom. The molecule has 2 saturated heterocycles. The van der Waals surface area contributed by atoms with Gasteiger partial charge in [-0.05, 0) is 77.8 Å². The molecule has 2 aliphatic rings. The highest BCUT2D eigenvalue weighted by Gasteiger charge is 2.16. The van der Waals surface area contributed by atoms with Gasteiger partial charge in [0.2, 0.25) is 0 Å². The number of likely N-dealkylation sites (tertiary alicyclic amines) is 1. The van der Waals surface area contributed by atoms with Crippen molar-refractivity contribution in [3.8, 4) is 0 Å². The molecule has 16 heavy (non-hydrogen) atoms. The van der Waals surface area contributed by atoms with Crippen molar-refractivity contribution < 1.29 is 0 Å². The van der Waals surface area contributed by atoms with Crippen molar-refractivity contribution in [2.45, 2.75) is 38.1 Å². The second-order valence-corrected chi connectivity index (χ2v) is 5.53. The maximum atomic E-state index is 3.64. The molecule has 2 N–H and O–H groups in total. The van der Waals surface area contributed by atoms with Gasteiger partial charge in [0, 0.05) is 6.04 Å². The average Bonchev–Trinajstić information content (AvgIpc) is 2.80. The summed E-state index contributed by atoms with van der Waals surface area (Å²) in [5.74, 6) is 0.924. The van der Waals surface area contributed by atoms with Crippen LogP contribution in [0.2, 0.25) is 0 Å². The molecule has 0 bridgehead atoms. The van der Waals surface area contributed by atoms with Gasteiger partial charge in [0.25, 0.3) is 0 Å². The van der Waals surface area contributed by atoms with E-state index in [1.165, 1.54) is 64.8 Å². The molecule has 3 nitrogen and oxygen atoms in total. The van der Waals surface area contributed by atoms with Gasteiger partial charge in [-0.25, -0.2) is 0 Å². The maximum Gasteiger partial charge on any atom is 0.00796 e. The van der Waals surface area contributed by atoms with E-state index in [-0.39, 0.29) is 0 Å². The zero-order valence-corrected chi connectivity index (χ0v) is 10.7. The first kappa shape index (κ1) is 12.3. The first-order valence-electron chi connectivity index (χ1n) is 6.97. The van der Waals surface area contributed by atoms with E-state index >= 15 is 0 Å². The van der Waals surface area contributed by atoms with Crippen LogP contribution in [0.3, 0.4) is 0 Å². The number of nitrogens with one attached hydrogen (secondary N) is 2. The van der Waals surface area contributed by atoms with Gasteiger partial charge in [0.1, 0.15) is 0 Å². The van der Waals surface area contributed by atoms with Crippen molar-refractivity contribution in [2.75, 3.05) is 39.8 Å².